The van der Waals surface area contributed by atoms with E-state index in [0.29, 0.717) is 0 Å². The Balaban J connectivity index is -0.00000000500. The first-order chi connectivity index (χ1) is 1.00. The molecule has 0 aromatic carbocycles. The second kappa shape index (κ2) is 18.4. The molecule has 4 radical (unpaired) electrons. The van der Waals surface area contributed by atoms with Crippen molar-refractivity contribution < 1.29 is 40.2 Å². The van der Waals surface area contributed by atoms with Crippen molar-refractivity contribution in [2.45, 2.75) is 0 Å². The molecule has 0 bridgehead atoms. The van der Waals surface area contributed by atoms with Gasteiger partial charge in [-0.1, -0.05) is 0 Å². The van der Waals surface area contributed by atoms with Crippen LogP contribution in [-0.4, -0.2) is 28.4 Å². The van der Waals surface area contributed by atoms with Crippen molar-refractivity contribution in [3.8, 4) is 0 Å². The first-order valence-electron chi connectivity index (χ1n) is 0.167. The zero-order valence-corrected chi connectivity index (χ0v) is 9.70. The van der Waals surface area contributed by atoms with Gasteiger partial charge in [0.2, 0.25) is 0 Å². The third-order valence-corrected chi connectivity index (χ3v) is 0. The molecule has 0 aromatic heterocycles. The molecule has 0 spiro atoms. The van der Waals surface area contributed by atoms with Gasteiger partial charge < -0.3 is 0 Å². The van der Waals surface area contributed by atoms with Gasteiger partial charge in [0.25, 0.3) is 0 Å². The summed E-state index contributed by atoms with van der Waals surface area (Å²) in [7, 11) is 0. The van der Waals surface area contributed by atoms with Crippen LogP contribution < -0.4 is 0 Å². The molecule has 0 nitrogen and oxygen atoms in total. The summed E-state index contributed by atoms with van der Waals surface area (Å²) < 4.78 is 0. The Kier molecular flexibility index (Phi) is 74.5. The first-order valence-corrected chi connectivity index (χ1v) is 4.50. The molecule has 0 unspecified atom stereocenters. The van der Waals surface area contributed by atoms with Gasteiger partial charge in [-0.2, -0.15) is 0 Å². The van der Waals surface area contributed by atoms with Crippen LogP contribution in [0.2, 0.25) is 0 Å². The number of rotatable bonds is 0. The summed E-state index contributed by atoms with van der Waals surface area (Å²) in [5.74, 6) is 0. The van der Waals surface area contributed by atoms with Gasteiger partial charge in [0.1, 0.15) is 0 Å². The fourth-order valence-corrected chi connectivity index (χ4v) is 0. The van der Waals surface area contributed by atoms with E-state index in [1.165, 1.54) is 0 Å². The molecule has 4 heavy (non-hydrogen) atoms. The minimum absolute atomic E-state index is 0. The summed E-state index contributed by atoms with van der Waals surface area (Å²) in [4.78, 5) is 0. The molecule has 0 fully saturated rings. The monoisotopic (exact) mass is 546 g/mol. The molecule has 0 aromatic rings. The van der Waals surface area contributed by atoms with Crippen LogP contribution in [0.15, 0.2) is 0 Å². The number of hydrogen-bond acceptors (Lipinski definition) is 0. The van der Waals surface area contributed by atoms with E-state index in [-0.39, 0.29) is 40.2 Å². The molecule has 0 saturated carbocycles. The fourth-order valence-electron chi connectivity index (χ4n) is 0. The van der Waals surface area contributed by atoms with Gasteiger partial charge in [0.15, 0.2) is 0 Å². The van der Waals surface area contributed by atoms with Gasteiger partial charge in [-0.3, -0.25) is 0 Å². The quantitative estimate of drug-likeness (QED) is 0.353. The minimum atomic E-state index is 0. The fraction of sp³-hybridized carbons (Fsp3) is 0. The average molecular weight is 542 g/mol. The molecule has 30 valence electrons. The summed E-state index contributed by atoms with van der Waals surface area (Å²) in [6.45, 7) is 0. The topological polar surface area (TPSA) is 0 Å². The van der Waals surface area contributed by atoms with Crippen LogP contribution in [0.4, 0.5) is 0 Å². The van der Waals surface area contributed by atoms with E-state index in [2.05, 4.69) is 28.4 Å². The Labute approximate surface area is 67.8 Å². The Morgan fingerprint density at radius 2 is 0.750 bits per heavy atom. The van der Waals surface area contributed by atoms with Crippen molar-refractivity contribution >= 4 is 28.4 Å². The molecular weight excluding hydrogens is 542 g/mol. The van der Waals surface area contributed by atoms with Crippen LogP contribution in [0.25, 0.3) is 0 Å². The summed E-state index contributed by atoms with van der Waals surface area (Å²) in [6.07, 6.45) is 0. The van der Waals surface area contributed by atoms with Gasteiger partial charge in [-0.05, 0) is 0 Å². The van der Waals surface area contributed by atoms with Gasteiger partial charge in [-0.15, -0.1) is 0 Å². The molecule has 0 aliphatic carbocycles. The zero-order chi connectivity index (χ0) is 2.00. The molecule has 0 heterocycles. The summed E-state index contributed by atoms with van der Waals surface area (Å²) in [5.41, 5.74) is 0. The van der Waals surface area contributed by atoms with Crippen molar-refractivity contribution in [3.05, 3.63) is 0 Å². The Morgan fingerprint density at radius 1 is 0.750 bits per heavy atom. The predicted octanol–water partition coefficient (Wildman–Crippen LogP) is -0.767. The standard InChI is InChI=1S/2Ir.Se2/c;;1-2. The van der Waals surface area contributed by atoms with Gasteiger partial charge in [0.05, 0.1) is 0 Å². The molecule has 0 N–H and O–H groups in total. The van der Waals surface area contributed by atoms with Crippen LogP contribution in [0.3, 0.4) is 0 Å². The van der Waals surface area contributed by atoms with Crippen LogP contribution >= 0.6 is 0 Å². The summed E-state index contributed by atoms with van der Waals surface area (Å²) in [6, 6.07) is 0. The first kappa shape index (κ1) is 16.2. The Bertz CT molecular complexity index is 4.00. The maximum absolute atomic E-state index is 2.50. The van der Waals surface area contributed by atoms with E-state index in [0.717, 1.165) is 0 Å². The van der Waals surface area contributed by atoms with E-state index in [4.69, 9.17) is 0 Å². The van der Waals surface area contributed by atoms with Crippen LogP contribution in [0.1, 0.15) is 0 Å². The third-order valence-electron chi connectivity index (χ3n) is 0. The van der Waals surface area contributed by atoms with Crippen LogP contribution in [-0.2, 0) is 40.2 Å². The second-order valence-corrected chi connectivity index (χ2v) is 0. The van der Waals surface area contributed by atoms with Crippen molar-refractivity contribution in [1.82, 2.24) is 0 Å². The number of hydrogen-bond donors (Lipinski definition) is 0. The maximum atomic E-state index is 2.50. The summed E-state index contributed by atoms with van der Waals surface area (Å²) in [5, 5.41) is 0. The molecule has 0 aliphatic heterocycles. The van der Waals surface area contributed by atoms with Crippen molar-refractivity contribution in [1.29, 1.82) is 0 Å². The molecule has 4 heteroatoms. The third kappa shape index (κ3) is 8.84. The Hall–Kier alpha value is 2.34. The normalized spacial score (nSPS) is 1.50. The van der Waals surface area contributed by atoms with E-state index in [1.54, 1.807) is 0 Å². The Morgan fingerprint density at radius 3 is 0.750 bits per heavy atom. The van der Waals surface area contributed by atoms with Crippen molar-refractivity contribution in [2.75, 3.05) is 0 Å². The molecule has 0 amide bonds. The van der Waals surface area contributed by atoms with Crippen molar-refractivity contribution in [2.24, 2.45) is 0 Å². The molecule has 0 atom stereocenters. The average Bonchev–Trinajstić information content (AvgIpc) is 1.00. The van der Waals surface area contributed by atoms with Gasteiger partial charge >= 0.3 is 28.4 Å². The van der Waals surface area contributed by atoms with E-state index >= 15 is 0 Å². The van der Waals surface area contributed by atoms with Gasteiger partial charge in [-0.25, -0.2) is 0 Å². The van der Waals surface area contributed by atoms with Crippen LogP contribution in [0.5, 0.6) is 0 Å². The molecule has 0 rings (SSSR count). The van der Waals surface area contributed by atoms with E-state index in [9.17, 15) is 0 Å². The summed E-state index contributed by atoms with van der Waals surface area (Å²) >= 11 is 5.00. The SMILES string of the molecule is [Ir].[Ir].[Se][Se]. The zero-order valence-electron chi connectivity index (χ0n) is 1.48. The molecule has 0 saturated heterocycles. The van der Waals surface area contributed by atoms with Crippen LogP contribution in [0, 0.1) is 0 Å². The van der Waals surface area contributed by atoms with E-state index < -0.39 is 0 Å². The van der Waals surface area contributed by atoms with Crippen molar-refractivity contribution in [3.63, 3.8) is 0 Å². The van der Waals surface area contributed by atoms with Gasteiger partial charge in [0, 0.05) is 40.2 Å². The second-order valence-electron chi connectivity index (χ2n) is 0. The molecule has 0 aliphatic rings. The predicted molar refractivity (Wildman–Crippen MR) is 11.5 cm³/mol. The molecular formula is Ir2Se2. The van der Waals surface area contributed by atoms with E-state index in [1.807, 2.05) is 0 Å².